The minimum Gasteiger partial charge on any atom is -0.166 e. The first-order valence-corrected chi connectivity index (χ1v) is 5.10. The topological polar surface area (TPSA) is 0 Å². The summed E-state index contributed by atoms with van der Waals surface area (Å²) in [4.78, 5) is 0. The molecule has 0 N–H and O–H groups in total. The maximum Gasteiger partial charge on any atom is 0.421 e. The molecule has 14 heavy (non-hydrogen) atoms. The van der Waals surface area contributed by atoms with E-state index in [9.17, 15) is 26.3 Å². The van der Waals surface area contributed by atoms with Crippen LogP contribution in [0.4, 0.5) is 26.3 Å². The molecule has 0 saturated carbocycles. The Hall–Kier alpha value is -0.720. The molecule has 0 aliphatic heterocycles. The SMILES string of the molecule is C[s+]1cc(C(F)(F)F)c(C(F)(F)F)c1. The molecule has 0 atom stereocenters. The summed E-state index contributed by atoms with van der Waals surface area (Å²) in [5.74, 6) is 0. The molecule has 1 aromatic heterocycles. The summed E-state index contributed by atoms with van der Waals surface area (Å²) in [6.45, 7) is 0. The lowest BCUT2D eigenvalue weighted by Gasteiger charge is -2.07. The van der Waals surface area contributed by atoms with E-state index in [4.69, 9.17) is 0 Å². The molecule has 0 aromatic carbocycles. The van der Waals surface area contributed by atoms with E-state index < -0.39 is 33.9 Å². The van der Waals surface area contributed by atoms with Gasteiger partial charge in [0.15, 0.2) is 0 Å². The molecule has 80 valence electrons. The van der Waals surface area contributed by atoms with Gasteiger partial charge in [-0.05, 0) is 10.5 Å². The second kappa shape index (κ2) is 3.15. The van der Waals surface area contributed by atoms with E-state index in [-0.39, 0.29) is 0 Å². The zero-order chi connectivity index (χ0) is 11.1. The normalized spacial score (nSPS) is 13.4. The molecule has 0 aliphatic carbocycles. The van der Waals surface area contributed by atoms with Gasteiger partial charge in [0.1, 0.15) is 28.1 Å². The van der Waals surface area contributed by atoms with Crippen LogP contribution < -0.4 is 0 Å². The first kappa shape index (κ1) is 11.4. The smallest absolute Gasteiger partial charge is 0.166 e. The molecule has 1 rings (SSSR count). The summed E-state index contributed by atoms with van der Waals surface area (Å²) in [6.07, 6.45) is -8.57. The van der Waals surface area contributed by atoms with Crippen LogP contribution >= 0.6 is 10.5 Å². The van der Waals surface area contributed by atoms with Crippen molar-refractivity contribution in [2.45, 2.75) is 12.4 Å². The van der Waals surface area contributed by atoms with Crippen LogP contribution in [0.1, 0.15) is 11.1 Å². The third kappa shape index (κ3) is 2.20. The third-order valence-corrected chi connectivity index (χ3v) is 2.72. The van der Waals surface area contributed by atoms with E-state index >= 15 is 0 Å². The van der Waals surface area contributed by atoms with Crippen LogP contribution in [0.25, 0.3) is 0 Å². The molecule has 0 aliphatic rings. The predicted octanol–water partition coefficient (Wildman–Crippen LogP) is 4.01. The van der Waals surface area contributed by atoms with Crippen molar-refractivity contribution >= 4 is 10.5 Å². The number of hydrogen-bond donors (Lipinski definition) is 0. The molecule has 0 nitrogen and oxygen atoms in total. The maximum absolute atomic E-state index is 12.1. The van der Waals surface area contributed by atoms with Gasteiger partial charge in [-0.25, -0.2) is 0 Å². The van der Waals surface area contributed by atoms with Crippen LogP contribution in [0.5, 0.6) is 0 Å². The first-order chi connectivity index (χ1) is 6.12. The molecule has 7 heteroatoms. The average Bonchev–Trinajstić information content (AvgIpc) is 2.27. The second-order valence-electron chi connectivity index (χ2n) is 2.67. The van der Waals surface area contributed by atoms with Crippen molar-refractivity contribution in [3.05, 3.63) is 21.9 Å². The predicted molar refractivity (Wildman–Crippen MR) is 39.9 cm³/mol. The molecule has 0 radical (unpaired) electrons. The zero-order valence-electron chi connectivity index (χ0n) is 6.83. The highest BCUT2D eigenvalue weighted by Gasteiger charge is 2.47. The summed E-state index contributed by atoms with van der Waals surface area (Å²) < 4.78 is 72.7. The summed E-state index contributed by atoms with van der Waals surface area (Å²) >= 11 is 0. The van der Waals surface area contributed by atoms with Crippen molar-refractivity contribution in [3.8, 4) is 0 Å². The summed E-state index contributed by atoms with van der Waals surface area (Å²) in [7, 11) is -1.09. The van der Waals surface area contributed by atoms with Crippen molar-refractivity contribution in [2.75, 3.05) is 0 Å². The highest BCUT2D eigenvalue weighted by atomic mass is 32.2. The van der Waals surface area contributed by atoms with E-state index in [1.165, 1.54) is 6.26 Å². The Bertz CT molecular complexity index is 299. The number of aryl methyl sites for hydroxylation is 1. The summed E-state index contributed by atoms with van der Waals surface area (Å²) in [5.41, 5.74) is -3.15. The largest absolute Gasteiger partial charge is 0.421 e. The van der Waals surface area contributed by atoms with Crippen molar-refractivity contribution in [1.82, 2.24) is 0 Å². The highest BCUT2D eigenvalue weighted by molar-refractivity contribution is 7.26. The Morgan fingerprint density at radius 1 is 0.857 bits per heavy atom. The van der Waals surface area contributed by atoms with E-state index in [0.717, 1.165) is 0 Å². The molecular formula is C7H5F6S+. The minimum absolute atomic E-state index is 0.600. The molecule has 0 spiro atoms. The monoisotopic (exact) mass is 235 g/mol. The van der Waals surface area contributed by atoms with Gasteiger partial charge in [0.25, 0.3) is 0 Å². The van der Waals surface area contributed by atoms with Gasteiger partial charge in [-0.2, -0.15) is 26.3 Å². The Labute approximate surface area is 78.1 Å². The summed E-state index contributed by atoms with van der Waals surface area (Å²) in [5, 5.41) is 1.20. The minimum atomic E-state index is -4.93. The van der Waals surface area contributed by atoms with Crippen LogP contribution in [0.3, 0.4) is 0 Å². The Morgan fingerprint density at radius 2 is 1.14 bits per heavy atom. The van der Waals surface area contributed by atoms with Crippen molar-refractivity contribution < 1.29 is 26.3 Å². The highest BCUT2D eigenvalue weighted by Crippen LogP contribution is 2.44. The first-order valence-electron chi connectivity index (χ1n) is 3.34. The van der Waals surface area contributed by atoms with Crippen molar-refractivity contribution in [1.29, 1.82) is 0 Å². The molecule has 0 saturated heterocycles. The van der Waals surface area contributed by atoms with Crippen LogP contribution in [0, 0.1) is 0 Å². The molecular weight excluding hydrogens is 230 g/mol. The van der Waals surface area contributed by atoms with Gasteiger partial charge in [0.05, 0.1) is 0 Å². The fraction of sp³-hybridized carbons (Fsp3) is 0.429. The van der Waals surface area contributed by atoms with Gasteiger partial charge >= 0.3 is 12.4 Å². The molecule has 1 aromatic rings. The van der Waals surface area contributed by atoms with Crippen molar-refractivity contribution in [2.24, 2.45) is 6.26 Å². The van der Waals surface area contributed by atoms with Gasteiger partial charge in [-0.15, -0.1) is 0 Å². The molecule has 0 fully saturated rings. The third-order valence-electron chi connectivity index (χ3n) is 1.51. The van der Waals surface area contributed by atoms with Crippen LogP contribution in [-0.2, 0) is 18.6 Å². The summed E-state index contributed by atoms with van der Waals surface area (Å²) in [6, 6.07) is 0. The lowest BCUT2D eigenvalue weighted by molar-refractivity contribution is -0.161. The van der Waals surface area contributed by atoms with Crippen LogP contribution in [-0.4, -0.2) is 0 Å². The van der Waals surface area contributed by atoms with Gasteiger partial charge in [-0.3, -0.25) is 0 Å². The Balaban J connectivity index is 3.31. The number of halogens is 6. The van der Waals surface area contributed by atoms with Crippen LogP contribution in [0.2, 0.25) is 0 Å². The van der Waals surface area contributed by atoms with Crippen molar-refractivity contribution in [3.63, 3.8) is 0 Å². The lowest BCUT2D eigenvalue weighted by Crippen LogP contribution is -2.13. The Morgan fingerprint density at radius 3 is 1.36 bits per heavy atom. The molecule has 0 unspecified atom stereocenters. The van der Waals surface area contributed by atoms with Gasteiger partial charge in [0, 0.05) is 0 Å². The fourth-order valence-corrected chi connectivity index (χ4v) is 2.30. The number of alkyl halides is 6. The Kier molecular flexibility index (Phi) is 2.55. The molecule has 1 heterocycles. The lowest BCUT2D eigenvalue weighted by atomic mass is 10.2. The van der Waals surface area contributed by atoms with E-state index in [1.807, 2.05) is 0 Å². The average molecular weight is 235 g/mol. The maximum atomic E-state index is 12.1. The number of rotatable bonds is 0. The van der Waals surface area contributed by atoms with Crippen LogP contribution in [0.15, 0.2) is 10.8 Å². The van der Waals surface area contributed by atoms with E-state index in [1.54, 1.807) is 0 Å². The number of hydrogen-bond acceptors (Lipinski definition) is 0. The van der Waals surface area contributed by atoms with Gasteiger partial charge in [-0.1, -0.05) is 0 Å². The van der Waals surface area contributed by atoms with E-state index in [2.05, 4.69) is 0 Å². The number of thiophene rings is 1. The standard InChI is InChI=1S/C7H5F6S/c1-14-2-4(6(8,9)10)5(3-14)7(11,12)13/h2-3H,1H3/q+1. The zero-order valence-corrected chi connectivity index (χ0v) is 7.65. The quantitative estimate of drug-likeness (QED) is 0.470. The fourth-order valence-electron chi connectivity index (χ4n) is 0.972. The molecule has 0 bridgehead atoms. The molecule has 0 amide bonds. The van der Waals surface area contributed by atoms with Gasteiger partial charge < -0.3 is 0 Å². The second-order valence-corrected chi connectivity index (χ2v) is 4.35. The van der Waals surface area contributed by atoms with E-state index in [0.29, 0.717) is 10.8 Å². The van der Waals surface area contributed by atoms with Gasteiger partial charge in [0.2, 0.25) is 0 Å².